The first kappa shape index (κ1) is 15.7. The van der Waals surface area contributed by atoms with Gasteiger partial charge in [-0.2, -0.15) is 0 Å². The van der Waals surface area contributed by atoms with Crippen LogP contribution in [0, 0.1) is 5.92 Å². The van der Waals surface area contributed by atoms with Crippen molar-refractivity contribution in [3.05, 3.63) is 35.9 Å². The zero-order chi connectivity index (χ0) is 14.3. The molecule has 0 bridgehead atoms. The summed E-state index contributed by atoms with van der Waals surface area (Å²) in [5.41, 5.74) is 6.90. The number of carbonyl (C=O) groups is 1. The second kappa shape index (κ2) is 7.92. The second-order valence-electron chi connectivity index (χ2n) is 5.31. The Morgan fingerprint density at radius 2 is 1.95 bits per heavy atom. The number of amides is 1. The van der Waals surface area contributed by atoms with E-state index in [2.05, 4.69) is 5.32 Å². The second-order valence-corrected chi connectivity index (χ2v) is 5.31. The Morgan fingerprint density at radius 3 is 2.47 bits per heavy atom. The van der Waals surface area contributed by atoms with Crippen LogP contribution in [0.3, 0.4) is 0 Å². The van der Waals surface area contributed by atoms with Crippen LogP contribution in [0.2, 0.25) is 0 Å². The van der Waals surface area contributed by atoms with Crippen molar-refractivity contribution < 1.29 is 9.90 Å². The molecule has 0 heterocycles. The maximum atomic E-state index is 11.9. The van der Waals surface area contributed by atoms with E-state index in [1.54, 1.807) is 0 Å². The van der Waals surface area contributed by atoms with E-state index in [4.69, 9.17) is 5.73 Å². The van der Waals surface area contributed by atoms with Gasteiger partial charge in [0.05, 0.1) is 18.7 Å². The summed E-state index contributed by atoms with van der Waals surface area (Å²) in [4.78, 5) is 11.9. The van der Waals surface area contributed by atoms with Gasteiger partial charge in [0.15, 0.2) is 0 Å². The molecule has 4 nitrogen and oxygen atoms in total. The molecule has 19 heavy (non-hydrogen) atoms. The van der Waals surface area contributed by atoms with Crippen molar-refractivity contribution in [3.8, 4) is 0 Å². The third-order valence-corrected chi connectivity index (χ3v) is 2.95. The van der Waals surface area contributed by atoms with Crippen LogP contribution >= 0.6 is 0 Å². The zero-order valence-corrected chi connectivity index (χ0v) is 11.7. The summed E-state index contributed by atoms with van der Waals surface area (Å²) in [6.07, 6.45) is 1.26. The van der Waals surface area contributed by atoms with Gasteiger partial charge in [0.1, 0.15) is 0 Å². The first-order valence-electron chi connectivity index (χ1n) is 6.73. The number of hydrogen-bond donors (Lipinski definition) is 3. The Hall–Kier alpha value is -1.39. The van der Waals surface area contributed by atoms with Crippen molar-refractivity contribution in [2.24, 2.45) is 11.7 Å². The van der Waals surface area contributed by atoms with Gasteiger partial charge < -0.3 is 16.2 Å². The normalized spacial score (nSPS) is 14.2. The highest BCUT2D eigenvalue weighted by atomic mass is 16.3. The van der Waals surface area contributed by atoms with Crippen LogP contribution in [0.25, 0.3) is 0 Å². The van der Waals surface area contributed by atoms with Crippen molar-refractivity contribution in [2.45, 2.75) is 38.8 Å². The van der Waals surface area contributed by atoms with Gasteiger partial charge in [0, 0.05) is 0 Å². The van der Waals surface area contributed by atoms with Crippen molar-refractivity contribution >= 4 is 5.91 Å². The van der Waals surface area contributed by atoms with Crippen LogP contribution in [-0.2, 0) is 11.2 Å². The van der Waals surface area contributed by atoms with Gasteiger partial charge in [-0.05, 0) is 24.3 Å². The van der Waals surface area contributed by atoms with E-state index in [0.29, 0.717) is 18.8 Å². The Morgan fingerprint density at radius 1 is 1.32 bits per heavy atom. The van der Waals surface area contributed by atoms with E-state index in [1.165, 1.54) is 0 Å². The minimum Gasteiger partial charge on any atom is -0.394 e. The van der Waals surface area contributed by atoms with E-state index in [0.717, 1.165) is 5.56 Å². The monoisotopic (exact) mass is 264 g/mol. The molecule has 1 aromatic rings. The highest BCUT2D eigenvalue weighted by Gasteiger charge is 2.18. The summed E-state index contributed by atoms with van der Waals surface area (Å²) in [5.74, 6) is 0.186. The van der Waals surface area contributed by atoms with Gasteiger partial charge in [-0.15, -0.1) is 0 Å². The molecule has 0 aliphatic heterocycles. The van der Waals surface area contributed by atoms with Crippen molar-refractivity contribution in [2.75, 3.05) is 6.61 Å². The Labute approximate surface area is 115 Å². The minimum absolute atomic E-state index is 0.0883. The van der Waals surface area contributed by atoms with E-state index in [1.807, 2.05) is 44.2 Å². The summed E-state index contributed by atoms with van der Waals surface area (Å²) in [6.45, 7) is 3.97. The first-order valence-corrected chi connectivity index (χ1v) is 6.73. The number of benzene rings is 1. The van der Waals surface area contributed by atoms with Crippen LogP contribution in [-0.4, -0.2) is 29.7 Å². The number of aliphatic hydroxyl groups is 1. The molecule has 0 aromatic heterocycles. The van der Waals surface area contributed by atoms with Crippen LogP contribution in [0.1, 0.15) is 25.8 Å². The fourth-order valence-electron chi connectivity index (χ4n) is 1.98. The maximum Gasteiger partial charge on any atom is 0.237 e. The predicted molar refractivity (Wildman–Crippen MR) is 76.6 cm³/mol. The number of nitrogens with two attached hydrogens (primary N) is 1. The molecule has 1 unspecified atom stereocenters. The van der Waals surface area contributed by atoms with Gasteiger partial charge in [-0.25, -0.2) is 0 Å². The van der Waals surface area contributed by atoms with E-state index in [-0.39, 0.29) is 18.6 Å². The Bertz CT molecular complexity index is 379. The highest BCUT2D eigenvalue weighted by molar-refractivity contribution is 5.81. The van der Waals surface area contributed by atoms with Gasteiger partial charge in [-0.3, -0.25) is 4.79 Å². The molecule has 2 atom stereocenters. The van der Waals surface area contributed by atoms with Crippen LogP contribution in [0.4, 0.5) is 0 Å². The SMILES string of the molecule is CC(C)CC(N)C(=O)N[C@H](CO)Cc1ccccc1. The van der Waals surface area contributed by atoms with Crippen molar-refractivity contribution in [3.63, 3.8) is 0 Å². The number of carbonyl (C=O) groups excluding carboxylic acids is 1. The molecule has 0 saturated carbocycles. The predicted octanol–water partition coefficient (Wildman–Crippen LogP) is 1.08. The summed E-state index contributed by atoms with van der Waals surface area (Å²) >= 11 is 0. The summed E-state index contributed by atoms with van der Waals surface area (Å²) < 4.78 is 0. The molecule has 4 heteroatoms. The van der Waals surface area contributed by atoms with Crippen LogP contribution < -0.4 is 11.1 Å². The quantitative estimate of drug-likeness (QED) is 0.690. The van der Waals surface area contributed by atoms with Crippen LogP contribution in [0.15, 0.2) is 30.3 Å². The lowest BCUT2D eigenvalue weighted by atomic mass is 10.0. The topological polar surface area (TPSA) is 75.4 Å². The van der Waals surface area contributed by atoms with E-state index < -0.39 is 6.04 Å². The fourth-order valence-corrected chi connectivity index (χ4v) is 1.98. The Balaban J connectivity index is 2.50. The molecular formula is C15H24N2O2. The Kier molecular flexibility index (Phi) is 6.53. The molecule has 1 amide bonds. The zero-order valence-electron chi connectivity index (χ0n) is 11.7. The maximum absolute atomic E-state index is 11.9. The van der Waals surface area contributed by atoms with Gasteiger partial charge in [0.2, 0.25) is 5.91 Å². The molecule has 4 N–H and O–H groups in total. The number of nitrogens with one attached hydrogen (secondary N) is 1. The molecule has 1 aromatic carbocycles. The highest BCUT2D eigenvalue weighted by Crippen LogP contribution is 2.05. The van der Waals surface area contributed by atoms with Crippen molar-refractivity contribution in [1.82, 2.24) is 5.32 Å². The largest absolute Gasteiger partial charge is 0.394 e. The summed E-state index contributed by atoms with van der Waals surface area (Å²) in [7, 11) is 0. The third kappa shape index (κ3) is 5.85. The third-order valence-electron chi connectivity index (χ3n) is 2.95. The minimum atomic E-state index is -0.509. The molecule has 0 radical (unpaired) electrons. The molecule has 0 spiro atoms. The lowest BCUT2D eigenvalue weighted by Gasteiger charge is -2.20. The molecule has 0 aliphatic carbocycles. The molecule has 0 saturated heterocycles. The number of hydrogen-bond acceptors (Lipinski definition) is 3. The lowest BCUT2D eigenvalue weighted by Crippen LogP contribution is -2.48. The number of rotatable bonds is 7. The average Bonchev–Trinajstić information content (AvgIpc) is 2.38. The molecule has 0 aliphatic rings. The van der Waals surface area contributed by atoms with E-state index >= 15 is 0 Å². The summed E-state index contributed by atoms with van der Waals surface area (Å²) in [5, 5.41) is 12.2. The fraction of sp³-hybridized carbons (Fsp3) is 0.533. The van der Waals surface area contributed by atoms with Gasteiger partial charge in [0.25, 0.3) is 0 Å². The first-order chi connectivity index (χ1) is 9.02. The molecule has 106 valence electrons. The molecular weight excluding hydrogens is 240 g/mol. The molecule has 0 fully saturated rings. The average molecular weight is 264 g/mol. The lowest BCUT2D eigenvalue weighted by molar-refractivity contribution is -0.123. The van der Waals surface area contributed by atoms with Crippen LogP contribution in [0.5, 0.6) is 0 Å². The standard InChI is InChI=1S/C15H24N2O2/c1-11(2)8-14(16)15(19)17-13(10-18)9-12-6-4-3-5-7-12/h3-7,11,13-14,18H,8-10,16H2,1-2H3,(H,17,19)/t13-,14?/m0/s1. The van der Waals surface area contributed by atoms with Gasteiger partial charge in [-0.1, -0.05) is 44.2 Å². The summed E-state index contributed by atoms with van der Waals surface area (Å²) in [6, 6.07) is 8.98. The smallest absolute Gasteiger partial charge is 0.237 e. The number of aliphatic hydroxyl groups excluding tert-OH is 1. The van der Waals surface area contributed by atoms with Crippen molar-refractivity contribution in [1.29, 1.82) is 0 Å². The molecule has 1 rings (SSSR count). The van der Waals surface area contributed by atoms with Gasteiger partial charge >= 0.3 is 0 Å². The van der Waals surface area contributed by atoms with E-state index in [9.17, 15) is 9.90 Å².